The largest absolute Gasteiger partial charge is 0.455 e. The molecule has 1 spiro atoms. The molecule has 10 nitrogen and oxygen atoms in total. The van der Waals surface area contributed by atoms with Crippen LogP contribution in [0.15, 0.2) is 95.5 Å². The van der Waals surface area contributed by atoms with Gasteiger partial charge in [-0.05, 0) is 53.8 Å². The number of carbonyl (C=O) groups is 4. The second-order valence-corrected chi connectivity index (χ2v) is 13.8. The van der Waals surface area contributed by atoms with Crippen molar-refractivity contribution in [2.75, 3.05) is 31.1 Å². The molecule has 3 aromatic rings. The van der Waals surface area contributed by atoms with Gasteiger partial charge in [0.2, 0.25) is 11.8 Å². The number of aliphatic hydroxyl groups excluding tert-OH is 1. The first kappa shape index (κ1) is 33.2. The third-order valence-corrected chi connectivity index (χ3v) is 10.6. The molecule has 4 aliphatic heterocycles. The Morgan fingerprint density at radius 3 is 2.49 bits per heavy atom. The number of anilines is 1. The Morgan fingerprint density at radius 1 is 0.918 bits per heavy atom. The predicted molar refractivity (Wildman–Crippen MR) is 186 cm³/mol. The Kier molecular flexibility index (Phi) is 9.41. The molecular formula is C38H38BrN3O7. The van der Waals surface area contributed by atoms with Gasteiger partial charge in [0.25, 0.3) is 5.91 Å². The highest BCUT2D eigenvalue weighted by molar-refractivity contribution is 9.11. The number of benzene rings is 3. The van der Waals surface area contributed by atoms with Crippen LogP contribution in [0, 0.1) is 11.8 Å². The van der Waals surface area contributed by atoms with Gasteiger partial charge in [-0.2, -0.15) is 0 Å². The van der Waals surface area contributed by atoms with Gasteiger partial charge in [0.15, 0.2) is 0 Å². The molecule has 4 aliphatic rings. The van der Waals surface area contributed by atoms with Crippen LogP contribution in [0.2, 0.25) is 0 Å². The number of esters is 1. The summed E-state index contributed by atoms with van der Waals surface area (Å²) in [5.41, 5.74) is -0.0854. The number of allylic oxidation sites excluding steroid dienone is 1. The van der Waals surface area contributed by atoms with E-state index in [4.69, 9.17) is 9.47 Å². The summed E-state index contributed by atoms with van der Waals surface area (Å²) in [6.07, 6.45) is 5.45. The zero-order valence-electron chi connectivity index (χ0n) is 26.9. The number of cyclic esters (lactones) is 1. The van der Waals surface area contributed by atoms with Crippen molar-refractivity contribution >= 4 is 56.1 Å². The fraction of sp³-hybridized carbons (Fsp3) is 0.368. The van der Waals surface area contributed by atoms with Gasteiger partial charge in [-0.1, -0.05) is 88.7 Å². The number of hydrogen-bond donors (Lipinski definition) is 2. The van der Waals surface area contributed by atoms with Crippen LogP contribution in [0.25, 0.3) is 10.8 Å². The molecule has 0 aromatic heterocycles. The third kappa shape index (κ3) is 6.08. The van der Waals surface area contributed by atoms with Gasteiger partial charge in [0, 0.05) is 36.3 Å². The molecule has 0 aliphatic carbocycles. The van der Waals surface area contributed by atoms with Crippen molar-refractivity contribution < 1.29 is 33.8 Å². The maximum atomic E-state index is 15.1. The summed E-state index contributed by atoms with van der Waals surface area (Å²) in [5.74, 6) is -3.60. The molecule has 5 bridgehead atoms. The number of fused-ring (bicyclic) bond motifs is 3. The molecule has 6 atom stereocenters. The van der Waals surface area contributed by atoms with E-state index in [9.17, 15) is 19.5 Å². The summed E-state index contributed by atoms with van der Waals surface area (Å²) in [6.45, 7) is 0.390. The lowest BCUT2D eigenvalue weighted by Crippen LogP contribution is -2.56. The first-order valence-electron chi connectivity index (χ1n) is 16.8. The number of ether oxygens (including phenoxy) is 2. The van der Waals surface area contributed by atoms with E-state index >= 15 is 4.79 Å². The Balaban J connectivity index is 1.33. The topological polar surface area (TPSA) is 125 Å². The van der Waals surface area contributed by atoms with Crippen molar-refractivity contribution in [1.29, 1.82) is 0 Å². The van der Waals surface area contributed by atoms with Crippen molar-refractivity contribution in [3.05, 3.63) is 101 Å². The van der Waals surface area contributed by atoms with Crippen LogP contribution in [-0.4, -0.2) is 77.7 Å². The van der Waals surface area contributed by atoms with Crippen molar-refractivity contribution in [3.63, 3.8) is 0 Å². The molecule has 2 fully saturated rings. The number of unbranched alkanes of at least 4 members (excludes halogenated alkanes) is 1. The molecule has 0 radical (unpaired) electrons. The van der Waals surface area contributed by atoms with Crippen molar-refractivity contribution in [1.82, 2.24) is 10.2 Å². The molecule has 11 heteroatoms. The van der Waals surface area contributed by atoms with E-state index < -0.39 is 41.7 Å². The summed E-state index contributed by atoms with van der Waals surface area (Å²) in [5, 5.41) is 14.4. The van der Waals surface area contributed by atoms with Crippen molar-refractivity contribution in [3.8, 4) is 0 Å². The van der Waals surface area contributed by atoms with E-state index in [0.717, 1.165) is 10.8 Å². The second-order valence-electron chi connectivity index (χ2n) is 12.9. The van der Waals surface area contributed by atoms with Crippen LogP contribution in [0.1, 0.15) is 37.4 Å². The van der Waals surface area contributed by atoms with Crippen molar-refractivity contribution in [2.45, 2.75) is 49.5 Å². The minimum atomic E-state index is -1.43. The highest BCUT2D eigenvalue weighted by atomic mass is 79.9. The standard InChI is InChI=1S/C38H38BrN3O7/c39-28-22-38-32-31(33(28)49-38)37(47)48-29(25-12-3-1-4-13-25)23-40-30(44)15-5-2-8-18-41(27-17-16-24-11-6-7-14-26(24)21-27)36(46)34(38)42(35(32)45)19-9-10-20-43/h1-4,6-8,11-14,16-17,21-22,29,31-34,43H,5,9-10,15,18-20,23H2,(H,40,44)/b8-2-/t29-,31-,32+,33-,34-,38+/m1/s1. The second kappa shape index (κ2) is 13.9. The van der Waals surface area contributed by atoms with Gasteiger partial charge in [-0.25, -0.2) is 0 Å². The van der Waals surface area contributed by atoms with Crippen LogP contribution in [0.5, 0.6) is 0 Å². The number of halogens is 1. The molecule has 2 N–H and O–H groups in total. The molecule has 7 rings (SSSR count). The summed E-state index contributed by atoms with van der Waals surface area (Å²) >= 11 is 3.61. The van der Waals surface area contributed by atoms with E-state index in [1.165, 1.54) is 4.90 Å². The van der Waals surface area contributed by atoms with Gasteiger partial charge in [-0.3, -0.25) is 19.2 Å². The fourth-order valence-electron chi connectivity index (χ4n) is 7.64. The average Bonchev–Trinajstić information content (AvgIpc) is 3.71. The van der Waals surface area contributed by atoms with Crippen LogP contribution in [-0.2, 0) is 28.7 Å². The summed E-state index contributed by atoms with van der Waals surface area (Å²) < 4.78 is 13.4. The third-order valence-electron chi connectivity index (χ3n) is 9.96. The van der Waals surface area contributed by atoms with E-state index in [1.807, 2.05) is 84.9 Å². The summed E-state index contributed by atoms with van der Waals surface area (Å²) in [6, 6.07) is 21.7. The SMILES string of the molecule is O=C1CC/C=C\CN(c2ccc3ccccc3c2)C(=O)[C@H]2N(CCCCO)C(=O)[C@@H]3[C@@H](C(=O)O[C@@H](c4ccccc4)CN1)[C@@H]1O[C@@]32C=C1Br. The number of carbonyl (C=O) groups excluding carboxylic acids is 4. The molecule has 49 heavy (non-hydrogen) atoms. The molecule has 254 valence electrons. The highest BCUT2D eigenvalue weighted by Gasteiger charge is 2.75. The quantitative estimate of drug-likeness (QED) is 0.217. The molecule has 0 unspecified atom stereocenters. The summed E-state index contributed by atoms with van der Waals surface area (Å²) in [7, 11) is 0. The fourth-order valence-corrected chi connectivity index (χ4v) is 8.37. The summed E-state index contributed by atoms with van der Waals surface area (Å²) in [4.78, 5) is 59.9. The van der Waals surface area contributed by atoms with Crippen LogP contribution >= 0.6 is 15.9 Å². The van der Waals surface area contributed by atoms with Crippen LogP contribution < -0.4 is 10.2 Å². The first-order valence-corrected chi connectivity index (χ1v) is 17.6. The smallest absolute Gasteiger partial charge is 0.313 e. The van der Waals surface area contributed by atoms with Gasteiger partial charge in [-0.15, -0.1) is 0 Å². The average molecular weight is 729 g/mol. The Hall–Kier alpha value is -4.32. The monoisotopic (exact) mass is 727 g/mol. The van der Waals surface area contributed by atoms with Gasteiger partial charge < -0.3 is 29.7 Å². The minimum Gasteiger partial charge on any atom is -0.455 e. The highest BCUT2D eigenvalue weighted by Crippen LogP contribution is 2.59. The van der Waals surface area contributed by atoms with E-state index in [0.29, 0.717) is 35.0 Å². The van der Waals surface area contributed by atoms with Gasteiger partial charge >= 0.3 is 5.97 Å². The van der Waals surface area contributed by atoms with Crippen molar-refractivity contribution in [2.24, 2.45) is 11.8 Å². The number of nitrogens with zero attached hydrogens (tertiary/aromatic N) is 2. The van der Waals surface area contributed by atoms with Gasteiger partial charge in [0.1, 0.15) is 29.8 Å². The number of aliphatic hydroxyl groups is 1. The number of amides is 3. The van der Waals surface area contributed by atoms with E-state index in [1.54, 1.807) is 11.0 Å². The lowest BCUT2D eigenvalue weighted by molar-refractivity contribution is -0.159. The number of hydrogen-bond acceptors (Lipinski definition) is 7. The lowest BCUT2D eigenvalue weighted by atomic mass is 9.74. The van der Waals surface area contributed by atoms with Crippen LogP contribution in [0.3, 0.4) is 0 Å². The zero-order chi connectivity index (χ0) is 34.1. The molecule has 3 amide bonds. The molecule has 0 saturated carbocycles. The molecular weight excluding hydrogens is 690 g/mol. The maximum absolute atomic E-state index is 15.1. The van der Waals surface area contributed by atoms with E-state index in [2.05, 4.69) is 21.2 Å². The maximum Gasteiger partial charge on any atom is 0.313 e. The Morgan fingerprint density at radius 2 is 1.69 bits per heavy atom. The molecule has 3 aromatic carbocycles. The lowest BCUT2D eigenvalue weighted by Gasteiger charge is -2.36. The number of likely N-dealkylation sites (tertiary alicyclic amines) is 1. The van der Waals surface area contributed by atoms with Crippen LogP contribution in [0.4, 0.5) is 5.69 Å². The molecule has 2 saturated heterocycles. The number of nitrogens with one attached hydrogen (secondary N) is 1. The molecule has 4 heterocycles. The van der Waals surface area contributed by atoms with E-state index in [-0.39, 0.29) is 50.4 Å². The normalized spacial score (nSPS) is 29.5. The van der Waals surface area contributed by atoms with Gasteiger partial charge in [0.05, 0.1) is 12.5 Å². The minimum absolute atomic E-state index is 0.0559. The number of rotatable bonds is 6. The zero-order valence-corrected chi connectivity index (χ0v) is 28.5. The Labute approximate surface area is 292 Å². The predicted octanol–water partition coefficient (Wildman–Crippen LogP) is 4.57. The Bertz CT molecular complexity index is 1830. The first-order chi connectivity index (χ1) is 23.8.